The lowest BCUT2D eigenvalue weighted by molar-refractivity contribution is -0.127. The van der Waals surface area contributed by atoms with E-state index in [4.69, 9.17) is 0 Å². The lowest BCUT2D eigenvalue weighted by Gasteiger charge is -2.15. The Morgan fingerprint density at radius 3 is 3.00 bits per heavy atom. The summed E-state index contributed by atoms with van der Waals surface area (Å²) in [6.45, 7) is 3.17. The molecule has 0 aromatic heterocycles. The van der Waals surface area contributed by atoms with Gasteiger partial charge < -0.3 is 10.2 Å². The molecule has 1 aromatic rings. The fraction of sp³-hybridized carbons (Fsp3) is 0.500. The van der Waals surface area contributed by atoms with Gasteiger partial charge in [0.25, 0.3) is 0 Å². The number of halogens is 2. The van der Waals surface area contributed by atoms with Gasteiger partial charge in [0.05, 0.1) is 0 Å². The van der Waals surface area contributed by atoms with E-state index in [1.165, 1.54) is 12.1 Å². The molecule has 1 N–H and O–H groups in total. The Bertz CT molecular complexity index is 453. The molecule has 0 radical (unpaired) electrons. The van der Waals surface area contributed by atoms with E-state index in [0.29, 0.717) is 13.0 Å². The van der Waals surface area contributed by atoms with Crippen LogP contribution < -0.4 is 5.32 Å². The number of benzene rings is 1. The highest BCUT2D eigenvalue weighted by Gasteiger charge is 2.18. The van der Waals surface area contributed by atoms with Crippen LogP contribution in [0.2, 0.25) is 0 Å². The first-order chi connectivity index (χ1) is 9.16. The highest BCUT2D eigenvalue weighted by atomic mass is 79.9. The number of carbonyl (C=O) groups excluding carboxylic acids is 1. The molecule has 0 unspecified atom stereocenters. The van der Waals surface area contributed by atoms with E-state index in [1.807, 2.05) is 4.90 Å². The second kappa shape index (κ2) is 7.01. The number of hydrogen-bond donors (Lipinski definition) is 1. The smallest absolute Gasteiger partial charge is 0.222 e. The van der Waals surface area contributed by atoms with Gasteiger partial charge in [0, 0.05) is 30.5 Å². The third-order valence-electron chi connectivity index (χ3n) is 3.28. The molecule has 3 nitrogen and oxygen atoms in total. The van der Waals surface area contributed by atoms with Gasteiger partial charge in [-0.05, 0) is 43.1 Å². The van der Waals surface area contributed by atoms with Gasteiger partial charge in [0.2, 0.25) is 5.91 Å². The Labute approximate surface area is 121 Å². The fourth-order valence-corrected chi connectivity index (χ4v) is 2.62. The highest BCUT2D eigenvalue weighted by Crippen LogP contribution is 2.17. The average molecular weight is 329 g/mol. The van der Waals surface area contributed by atoms with Crippen molar-refractivity contribution in [3.63, 3.8) is 0 Å². The van der Waals surface area contributed by atoms with Crippen molar-refractivity contribution < 1.29 is 9.18 Å². The first-order valence-electron chi connectivity index (χ1n) is 6.59. The molecule has 1 saturated heterocycles. The zero-order valence-electron chi connectivity index (χ0n) is 10.8. The van der Waals surface area contributed by atoms with Crippen LogP contribution in [0.4, 0.5) is 4.39 Å². The van der Waals surface area contributed by atoms with E-state index in [1.54, 1.807) is 6.07 Å². The molecule has 1 fully saturated rings. The summed E-state index contributed by atoms with van der Waals surface area (Å²) < 4.78 is 14.0. The number of amides is 1. The molecule has 0 bridgehead atoms. The summed E-state index contributed by atoms with van der Waals surface area (Å²) in [7, 11) is 0. The SMILES string of the molecule is O=C1CCCN1CCCNCc1cc(F)ccc1Br. The van der Waals surface area contributed by atoms with Crippen LogP contribution >= 0.6 is 15.9 Å². The topological polar surface area (TPSA) is 32.3 Å². The van der Waals surface area contributed by atoms with Crippen molar-refractivity contribution in [1.29, 1.82) is 0 Å². The summed E-state index contributed by atoms with van der Waals surface area (Å²) in [6.07, 6.45) is 2.62. The summed E-state index contributed by atoms with van der Waals surface area (Å²) in [6, 6.07) is 4.68. The summed E-state index contributed by atoms with van der Waals surface area (Å²) in [5.74, 6) is 0.0514. The molecule has 1 heterocycles. The first-order valence-corrected chi connectivity index (χ1v) is 7.38. The van der Waals surface area contributed by atoms with Gasteiger partial charge in [-0.25, -0.2) is 4.39 Å². The van der Waals surface area contributed by atoms with Crippen molar-refractivity contribution in [3.05, 3.63) is 34.1 Å². The Morgan fingerprint density at radius 2 is 2.26 bits per heavy atom. The van der Waals surface area contributed by atoms with Crippen LogP contribution in [0.1, 0.15) is 24.8 Å². The van der Waals surface area contributed by atoms with Crippen LogP contribution in [0.3, 0.4) is 0 Å². The van der Waals surface area contributed by atoms with Crippen LogP contribution in [0.5, 0.6) is 0 Å². The quantitative estimate of drug-likeness (QED) is 0.814. The van der Waals surface area contributed by atoms with Crippen molar-refractivity contribution in [2.75, 3.05) is 19.6 Å². The maximum atomic E-state index is 13.1. The first kappa shape index (κ1) is 14.5. The van der Waals surface area contributed by atoms with Crippen LogP contribution in [0.15, 0.2) is 22.7 Å². The van der Waals surface area contributed by atoms with E-state index in [9.17, 15) is 9.18 Å². The van der Waals surface area contributed by atoms with E-state index in [-0.39, 0.29) is 11.7 Å². The van der Waals surface area contributed by atoms with Crippen molar-refractivity contribution in [3.8, 4) is 0 Å². The van der Waals surface area contributed by atoms with Gasteiger partial charge in [0.1, 0.15) is 5.82 Å². The predicted molar refractivity (Wildman–Crippen MR) is 76.2 cm³/mol. The van der Waals surface area contributed by atoms with E-state index in [0.717, 1.165) is 42.5 Å². The normalized spacial score (nSPS) is 15.3. The average Bonchev–Trinajstić information content (AvgIpc) is 2.79. The molecule has 0 aliphatic carbocycles. The molecule has 1 aliphatic heterocycles. The van der Waals surface area contributed by atoms with Gasteiger partial charge in [-0.2, -0.15) is 0 Å². The number of hydrogen-bond acceptors (Lipinski definition) is 2. The number of nitrogens with zero attached hydrogens (tertiary/aromatic N) is 1. The third-order valence-corrected chi connectivity index (χ3v) is 4.05. The van der Waals surface area contributed by atoms with Crippen LogP contribution in [0.25, 0.3) is 0 Å². The molecule has 1 aromatic carbocycles. The molecule has 1 aliphatic rings. The van der Waals surface area contributed by atoms with Gasteiger partial charge in [-0.15, -0.1) is 0 Å². The fourth-order valence-electron chi connectivity index (χ4n) is 2.24. The predicted octanol–water partition coefficient (Wildman–Crippen LogP) is 2.69. The maximum absolute atomic E-state index is 13.1. The number of rotatable bonds is 6. The molecule has 104 valence electrons. The minimum absolute atomic E-state index is 0.220. The minimum Gasteiger partial charge on any atom is -0.343 e. The highest BCUT2D eigenvalue weighted by molar-refractivity contribution is 9.10. The molecule has 0 saturated carbocycles. The van der Waals surface area contributed by atoms with Crippen LogP contribution in [-0.2, 0) is 11.3 Å². The van der Waals surface area contributed by atoms with Crippen LogP contribution in [0, 0.1) is 5.82 Å². The van der Waals surface area contributed by atoms with E-state index >= 15 is 0 Å². The molecule has 5 heteroatoms. The summed E-state index contributed by atoms with van der Waals surface area (Å²) in [5.41, 5.74) is 0.914. The second-order valence-corrected chi connectivity index (χ2v) is 5.60. The number of nitrogens with one attached hydrogen (secondary N) is 1. The zero-order chi connectivity index (χ0) is 13.7. The lowest BCUT2D eigenvalue weighted by Crippen LogP contribution is -2.28. The van der Waals surface area contributed by atoms with Crippen LogP contribution in [-0.4, -0.2) is 30.4 Å². The molecular formula is C14H18BrFN2O. The van der Waals surface area contributed by atoms with Crippen molar-refractivity contribution in [2.24, 2.45) is 0 Å². The minimum atomic E-state index is -0.220. The second-order valence-electron chi connectivity index (χ2n) is 4.75. The van der Waals surface area contributed by atoms with Crippen molar-refractivity contribution >= 4 is 21.8 Å². The summed E-state index contributed by atoms with van der Waals surface area (Å²) in [4.78, 5) is 13.3. The zero-order valence-corrected chi connectivity index (χ0v) is 12.4. The molecule has 0 atom stereocenters. The molecular weight excluding hydrogens is 311 g/mol. The van der Waals surface area contributed by atoms with E-state index in [2.05, 4.69) is 21.2 Å². The molecule has 0 spiro atoms. The molecule has 1 amide bonds. The van der Waals surface area contributed by atoms with Crippen molar-refractivity contribution in [2.45, 2.75) is 25.8 Å². The van der Waals surface area contributed by atoms with Gasteiger partial charge in [-0.1, -0.05) is 15.9 Å². The van der Waals surface area contributed by atoms with Gasteiger partial charge in [0.15, 0.2) is 0 Å². The maximum Gasteiger partial charge on any atom is 0.222 e. The lowest BCUT2D eigenvalue weighted by atomic mass is 10.2. The Hall–Kier alpha value is -0.940. The largest absolute Gasteiger partial charge is 0.343 e. The Balaban J connectivity index is 1.66. The van der Waals surface area contributed by atoms with Gasteiger partial charge in [-0.3, -0.25) is 4.79 Å². The summed E-state index contributed by atoms with van der Waals surface area (Å²) >= 11 is 3.40. The van der Waals surface area contributed by atoms with Gasteiger partial charge >= 0.3 is 0 Å². The monoisotopic (exact) mass is 328 g/mol. The standard InChI is InChI=1S/C14H18BrFN2O/c15-13-5-4-12(16)9-11(13)10-17-6-2-8-18-7-1-3-14(18)19/h4-5,9,17H,1-3,6-8,10H2. The number of carbonyl (C=O) groups is 1. The Kier molecular flexibility index (Phi) is 5.34. The third kappa shape index (κ3) is 4.28. The number of likely N-dealkylation sites (tertiary alicyclic amines) is 1. The Morgan fingerprint density at radius 1 is 1.42 bits per heavy atom. The molecule has 19 heavy (non-hydrogen) atoms. The summed E-state index contributed by atoms with van der Waals surface area (Å²) in [5, 5.41) is 3.27. The van der Waals surface area contributed by atoms with E-state index < -0.39 is 0 Å². The van der Waals surface area contributed by atoms with Crippen molar-refractivity contribution in [1.82, 2.24) is 10.2 Å². The molecule has 2 rings (SSSR count).